The van der Waals surface area contributed by atoms with Gasteiger partial charge >= 0.3 is 0 Å². The second-order valence-electron chi connectivity index (χ2n) is 6.26. The summed E-state index contributed by atoms with van der Waals surface area (Å²) in [6, 6.07) is 18.8. The molecule has 3 rings (SSSR count). The molecule has 128 valence electrons. The van der Waals surface area contributed by atoms with Crippen LogP contribution < -0.4 is 4.74 Å². The first kappa shape index (κ1) is 17.5. The highest BCUT2D eigenvalue weighted by Gasteiger charge is 2.16. The minimum absolute atomic E-state index is 0.778. The van der Waals surface area contributed by atoms with Crippen molar-refractivity contribution in [2.24, 2.45) is 0 Å². The lowest BCUT2D eigenvalue weighted by molar-refractivity contribution is 0.121. The Morgan fingerprint density at radius 3 is 2.38 bits per heavy atom. The third-order valence-electron chi connectivity index (χ3n) is 4.40. The van der Waals surface area contributed by atoms with Crippen LogP contribution >= 0.6 is 15.9 Å². The molecule has 0 amide bonds. The summed E-state index contributed by atoms with van der Waals surface area (Å²) in [5, 5.41) is 0. The molecule has 1 fully saturated rings. The fourth-order valence-corrected chi connectivity index (χ4v) is 3.43. The smallest absolute Gasteiger partial charge is 0.120 e. The van der Waals surface area contributed by atoms with Crippen LogP contribution in [0.4, 0.5) is 0 Å². The largest absolute Gasteiger partial charge is 0.494 e. The van der Waals surface area contributed by atoms with Crippen molar-refractivity contribution in [1.29, 1.82) is 0 Å². The number of nitrogens with zero attached hydrogens (tertiary/aromatic N) is 2. The van der Waals surface area contributed by atoms with Crippen LogP contribution in [-0.4, -0.2) is 49.1 Å². The van der Waals surface area contributed by atoms with E-state index in [2.05, 4.69) is 56.1 Å². The van der Waals surface area contributed by atoms with Crippen LogP contribution in [0.1, 0.15) is 12.0 Å². The molecular weight excluding hydrogens is 364 g/mol. The number of benzene rings is 2. The molecule has 24 heavy (non-hydrogen) atoms. The number of halogens is 1. The minimum Gasteiger partial charge on any atom is -0.494 e. The van der Waals surface area contributed by atoms with Crippen molar-refractivity contribution >= 4 is 15.9 Å². The van der Waals surface area contributed by atoms with E-state index in [-0.39, 0.29) is 0 Å². The van der Waals surface area contributed by atoms with Crippen LogP contribution in [0.3, 0.4) is 0 Å². The summed E-state index contributed by atoms with van der Waals surface area (Å²) in [5.74, 6) is 0.942. The van der Waals surface area contributed by atoms with Crippen LogP contribution in [0.2, 0.25) is 0 Å². The first-order valence-electron chi connectivity index (χ1n) is 8.66. The van der Waals surface area contributed by atoms with Crippen molar-refractivity contribution in [3.63, 3.8) is 0 Å². The van der Waals surface area contributed by atoms with Gasteiger partial charge < -0.3 is 9.64 Å². The van der Waals surface area contributed by atoms with Gasteiger partial charge in [0, 0.05) is 43.7 Å². The van der Waals surface area contributed by atoms with Gasteiger partial charge in [0.05, 0.1) is 6.61 Å². The van der Waals surface area contributed by atoms with Crippen molar-refractivity contribution in [2.75, 3.05) is 39.3 Å². The Balaban J connectivity index is 1.31. The van der Waals surface area contributed by atoms with Crippen LogP contribution in [0, 0.1) is 0 Å². The van der Waals surface area contributed by atoms with Gasteiger partial charge in [-0.25, -0.2) is 0 Å². The first-order chi connectivity index (χ1) is 11.8. The summed E-state index contributed by atoms with van der Waals surface area (Å²) < 4.78 is 6.88. The minimum atomic E-state index is 0.778. The van der Waals surface area contributed by atoms with Gasteiger partial charge in [-0.05, 0) is 30.2 Å². The quantitative estimate of drug-likeness (QED) is 0.665. The van der Waals surface area contributed by atoms with Gasteiger partial charge in [-0.15, -0.1) is 0 Å². The third kappa shape index (κ3) is 5.62. The Bertz CT molecular complexity index is 612. The van der Waals surface area contributed by atoms with Crippen molar-refractivity contribution in [1.82, 2.24) is 9.80 Å². The lowest BCUT2D eigenvalue weighted by atomic mass is 10.2. The zero-order chi connectivity index (χ0) is 16.6. The highest BCUT2D eigenvalue weighted by molar-refractivity contribution is 9.10. The lowest BCUT2D eigenvalue weighted by Crippen LogP contribution is -2.46. The Hall–Kier alpha value is -1.36. The number of hydrogen-bond donors (Lipinski definition) is 0. The molecule has 2 aromatic rings. The van der Waals surface area contributed by atoms with E-state index in [1.54, 1.807) is 0 Å². The van der Waals surface area contributed by atoms with Crippen molar-refractivity contribution in [2.45, 2.75) is 13.0 Å². The molecule has 0 aromatic heterocycles. The summed E-state index contributed by atoms with van der Waals surface area (Å²) in [5.41, 5.74) is 1.41. The molecule has 0 N–H and O–H groups in total. The summed E-state index contributed by atoms with van der Waals surface area (Å²) in [6.45, 7) is 7.59. The van der Waals surface area contributed by atoms with E-state index in [0.717, 1.165) is 62.5 Å². The molecule has 1 saturated heterocycles. The Morgan fingerprint density at radius 2 is 1.62 bits per heavy atom. The Morgan fingerprint density at radius 1 is 0.875 bits per heavy atom. The summed E-state index contributed by atoms with van der Waals surface area (Å²) in [7, 11) is 0. The molecule has 0 spiro atoms. The second-order valence-corrected chi connectivity index (χ2v) is 7.18. The number of hydrogen-bond acceptors (Lipinski definition) is 3. The maximum absolute atomic E-state index is 5.81. The summed E-state index contributed by atoms with van der Waals surface area (Å²) >= 11 is 3.47. The van der Waals surface area contributed by atoms with E-state index in [0.29, 0.717) is 0 Å². The summed E-state index contributed by atoms with van der Waals surface area (Å²) in [4.78, 5) is 5.09. The van der Waals surface area contributed by atoms with Gasteiger partial charge in [-0.2, -0.15) is 0 Å². The zero-order valence-corrected chi connectivity index (χ0v) is 15.6. The predicted molar refractivity (Wildman–Crippen MR) is 102 cm³/mol. The molecule has 2 aromatic carbocycles. The number of ether oxygens (including phenoxy) is 1. The predicted octanol–water partition coefficient (Wildman–Crippen LogP) is 4.04. The monoisotopic (exact) mass is 388 g/mol. The number of rotatable bonds is 7. The molecule has 0 unspecified atom stereocenters. The van der Waals surface area contributed by atoms with Gasteiger partial charge in [-0.3, -0.25) is 4.90 Å². The van der Waals surface area contributed by atoms with E-state index < -0.39 is 0 Å². The van der Waals surface area contributed by atoms with Gasteiger partial charge in [0.15, 0.2) is 0 Å². The molecule has 1 heterocycles. The highest BCUT2D eigenvalue weighted by atomic mass is 79.9. The van der Waals surface area contributed by atoms with Crippen molar-refractivity contribution in [3.8, 4) is 5.75 Å². The lowest BCUT2D eigenvalue weighted by Gasteiger charge is -2.34. The molecule has 0 radical (unpaired) electrons. The molecule has 1 aliphatic rings. The van der Waals surface area contributed by atoms with Crippen LogP contribution in [0.25, 0.3) is 0 Å². The van der Waals surface area contributed by atoms with Crippen LogP contribution in [-0.2, 0) is 6.54 Å². The normalized spacial score (nSPS) is 16.2. The molecule has 4 heteroatoms. The maximum atomic E-state index is 5.81. The maximum Gasteiger partial charge on any atom is 0.120 e. The first-order valence-corrected chi connectivity index (χ1v) is 9.46. The molecular formula is C20H25BrN2O. The third-order valence-corrected chi connectivity index (χ3v) is 4.89. The van der Waals surface area contributed by atoms with E-state index >= 15 is 0 Å². The standard InChI is InChI=1S/C20H25BrN2O/c21-19-8-4-9-20(16-19)24-15-5-10-22-11-13-23(14-12-22)17-18-6-2-1-3-7-18/h1-4,6-9,16H,5,10-15,17H2. The molecule has 3 nitrogen and oxygen atoms in total. The Labute approximate surface area is 153 Å². The molecule has 0 aliphatic carbocycles. The zero-order valence-electron chi connectivity index (χ0n) is 14.0. The van der Waals surface area contributed by atoms with Crippen molar-refractivity contribution < 1.29 is 4.74 Å². The number of piperazine rings is 1. The SMILES string of the molecule is Brc1cccc(OCCCN2CCN(Cc3ccccc3)CC2)c1. The van der Waals surface area contributed by atoms with Crippen LogP contribution in [0.5, 0.6) is 5.75 Å². The van der Waals surface area contributed by atoms with Crippen molar-refractivity contribution in [3.05, 3.63) is 64.6 Å². The van der Waals surface area contributed by atoms with E-state index in [4.69, 9.17) is 4.74 Å². The van der Waals surface area contributed by atoms with Gasteiger partial charge in [0.25, 0.3) is 0 Å². The van der Waals surface area contributed by atoms with Crippen LogP contribution in [0.15, 0.2) is 59.1 Å². The average molecular weight is 389 g/mol. The van der Waals surface area contributed by atoms with E-state index in [1.165, 1.54) is 5.56 Å². The van der Waals surface area contributed by atoms with E-state index in [9.17, 15) is 0 Å². The van der Waals surface area contributed by atoms with Gasteiger partial charge in [-0.1, -0.05) is 52.3 Å². The molecule has 0 bridgehead atoms. The molecule has 0 atom stereocenters. The Kier molecular flexibility index (Phi) is 6.70. The highest BCUT2D eigenvalue weighted by Crippen LogP contribution is 2.17. The average Bonchev–Trinajstić information content (AvgIpc) is 2.61. The fourth-order valence-electron chi connectivity index (χ4n) is 3.05. The topological polar surface area (TPSA) is 15.7 Å². The fraction of sp³-hybridized carbons (Fsp3) is 0.400. The summed E-state index contributed by atoms with van der Waals surface area (Å²) in [6.07, 6.45) is 1.07. The van der Waals surface area contributed by atoms with Gasteiger partial charge in [0.1, 0.15) is 5.75 Å². The molecule has 0 saturated carbocycles. The van der Waals surface area contributed by atoms with Gasteiger partial charge in [0.2, 0.25) is 0 Å². The van der Waals surface area contributed by atoms with E-state index in [1.807, 2.05) is 24.3 Å². The molecule has 1 aliphatic heterocycles. The second kappa shape index (κ2) is 9.21.